The molecule has 0 bridgehead atoms. The maximum atomic E-state index is 12.7. The number of rotatable bonds is 4. The van der Waals surface area contributed by atoms with Gasteiger partial charge in [0.1, 0.15) is 12.0 Å². The molecule has 26 heavy (non-hydrogen) atoms. The van der Waals surface area contributed by atoms with Gasteiger partial charge in [0.15, 0.2) is 9.84 Å². The topological polar surface area (TPSA) is 110 Å². The highest BCUT2D eigenvalue weighted by Crippen LogP contribution is 2.29. The number of benzene rings is 2. The van der Waals surface area contributed by atoms with Gasteiger partial charge in [-0.05, 0) is 36.1 Å². The van der Waals surface area contributed by atoms with Gasteiger partial charge in [-0.2, -0.15) is 0 Å². The normalized spacial score (nSPS) is 17.8. The second kappa shape index (κ2) is 7.17. The van der Waals surface area contributed by atoms with Gasteiger partial charge in [-0.15, -0.1) is 0 Å². The lowest BCUT2D eigenvalue weighted by Crippen LogP contribution is -2.43. The van der Waals surface area contributed by atoms with Crippen molar-refractivity contribution >= 4 is 21.9 Å². The SMILES string of the molecule is O=C(NC1CCc2ccc(C(=O)O)cc2S1(=O)=O)OCc1ccccc1. The standard InChI is InChI=1S/C18H17NO6S/c20-17(21)14-7-6-13-8-9-16(26(23,24)15(13)10-14)19-18(22)25-11-12-4-2-1-3-5-12/h1-7,10,16H,8-9,11H2,(H,19,22)(H,20,21). The summed E-state index contributed by atoms with van der Waals surface area (Å²) in [6, 6.07) is 13.0. The lowest BCUT2D eigenvalue weighted by Gasteiger charge is -2.25. The van der Waals surface area contributed by atoms with Crippen LogP contribution in [0.25, 0.3) is 0 Å². The van der Waals surface area contributed by atoms with Gasteiger partial charge in [0.2, 0.25) is 0 Å². The minimum absolute atomic E-state index is 0.0270. The third-order valence-electron chi connectivity index (χ3n) is 4.16. The van der Waals surface area contributed by atoms with Crippen molar-refractivity contribution in [2.24, 2.45) is 0 Å². The Morgan fingerprint density at radius 3 is 2.58 bits per heavy atom. The van der Waals surface area contributed by atoms with E-state index in [1.165, 1.54) is 12.1 Å². The van der Waals surface area contributed by atoms with Crippen molar-refractivity contribution < 1.29 is 27.9 Å². The summed E-state index contributed by atoms with van der Waals surface area (Å²) >= 11 is 0. The fourth-order valence-electron chi connectivity index (χ4n) is 2.80. The maximum Gasteiger partial charge on any atom is 0.408 e. The highest BCUT2D eigenvalue weighted by molar-refractivity contribution is 7.92. The first-order chi connectivity index (χ1) is 12.4. The highest BCUT2D eigenvalue weighted by atomic mass is 32.2. The molecule has 1 unspecified atom stereocenters. The number of ether oxygens (including phenoxy) is 1. The zero-order valence-corrected chi connectivity index (χ0v) is 14.5. The van der Waals surface area contributed by atoms with Crippen molar-refractivity contribution in [3.05, 3.63) is 65.2 Å². The molecule has 0 aliphatic carbocycles. The number of carbonyl (C=O) groups excluding carboxylic acids is 1. The van der Waals surface area contributed by atoms with Crippen LogP contribution in [-0.4, -0.2) is 31.0 Å². The van der Waals surface area contributed by atoms with Gasteiger partial charge in [-0.3, -0.25) is 0 Å². The second-order valence-electron chi connectivity index (χ2n) is 5.91. The van der Waals surface area contributed by atoms with E-state index in [0.717, 1.165) is 11.6 Å². The van der Waals surface area contributed by atoms with Crippen LogP contribution in [0.2, 0.25) is 0 Å². The Bertz CT molecular complexity index is 939. The van der Waals surface area contributed by atoms with Gasteiger partial charge in [0.25, 0.3) is 0 Å². The molecule has 0 spiro atoms. The summed E-state index contributed by atoms with van der Waals surface area (Å²) in [7, 11) is -3.89. The van der Waals surface area contributed by atoms with Crippen LogP contribution in [-0.2, 0) is 27.6 Å². The summed E-state index contributed by atoms with van der Waals surface area (Å²) < 4.78 is 30.5. The molecule has 8 heteroatoms. The van der Waals surface area contributed by atoms with E-state index >= 15 is 0 Å². The van der Waals surface area contributed by atoms with E-state index in [2.05, 4.69) is 5.32 Å². The number of carbonyl (C=O) groups is 2. The number of hydrogen-bond acceptors (Lipinski definition) is 5. The minimum Gasteiger partial charge on any atom is -0.478 e. The van der Waals surface area contributed by atoms with Gasteiger partial charge in [0, 0.05) is 0 Å². The Balaban J connectivity index is 1.72. The molecule has 0 fully saturated rings. The first-order valence-electron chi connectivity index (χ1n) is 7.95. The molecule has 1 heterocycles. The zero-order chi connectivity index (χ0) is 18.7. The van der Waals surface area contributed by atoms with Gasteiger partial charge in [-0.25, -0.2) is 18.0 Å². The Labute approximate surface area is 150 Å². The first-order valence-corrected chi connectivity index (χ1v) is 9.50. The van der Waals surface area contributed by atoms with Crippen molar-refractivity contribution in [3.63, 3.8) is 0 Å². The Morgan fingerprint density at radius 1 is 1.15 bits per heavy atom. The Hall–Kier alpha value is -2.87. The number of fused-ring (bicyclic) bond motifs is 1. The van der Waals surface area contributed by atoms with E-state index in [9.17, 15) is 18.0 Å². The van der Waals surface area contributed by atoms with Gasteiger partial charge in [-0.1, -0.05) is 36.4 Å². The van der Waals surface area contributed by atoms with Crippen LogP contribution in [0, 0.1) is 0 Å². The summed E-state index contributed by atoms with van der Waals surface area (Å²) in [5.74, 6) is -1.21. The fourth-order valence-corrected chi connectivity index (χ4v) is 4.61. The van der Waals surface area contributed by atoms with Crippen LogP contribution in [0.3, 0.4) is 0 Å². The molecule has 1 aliphatic heterocycles. The summed E-state index contributed by atoms with van der Waals surface area (Å²) in [4.78, 5) is 23.0. The lowest BCUT2D eigenvalue weighted by molar-refractivity contribution is 0.0696. The van der Waals surface area contributed by atoms with Crippen LogP contribution in [0.5, 0.6) is 0 Å². The predicted molar refractivity (Wildman–Crippen MR) is 92.5 cm³/mol. The summed E-state index contributed by atoms with van der Waals surface area (Å²) in [5, 5.41) is 10.3. The number of carboxylic acids is 1. The molecule has 7 nitrogen and oxygen atoms in total. The molecular weight excluding hydrogens is 358 g/mol. The van der Waals surface area contributed by atoms with Crippen molar-refractivity contribution in [3.8, 4) is 0 Å². The van der Waals surface area contributed by atoms with E-state index in [4.69, 9.17) is 9.84 Å². The summed E-state index contributed by atoms with van der Waals surface area (Å²) in [6.45, 7) is 0.0270. The first kappa shape index (κ1) is 17.9. The quantitative estimate of drug-likeness (QED) is 0.849. The number of aromatic carboxylic acids is 1. The molecule has 1 aliphatic rings. The van der Waals surface area contributed by atoms with Crippen molar-refractivity contribution in [2.45, 2.75) is 29.7 Å². The van der Waals surface area contributed by atoms with Gasteiger partial charge in [0.05, 0.1) is 10.5 Å². The van der Waals surface area contributed by atoms with E-state index in [1.54, 1.807) is 24.3 Å². The molecule has 1 amide bonds. The molecule has 1 atom stereocenters. The number of nitrogens with one attached hydrogen (secondary N) is 1. The Kier molecular flexibility index (Phi) is 4.94. The number of sulfone groups is 1. The molecule has 3 rings (SSSR count). The number of aryl methyl sites for hydroxylation is 1. The van der Waals surface area contributed by atoms with Crippen molar-refractivity contribution in [1.29, 1.82) is 0 Å². The number of carboxylic acid groups (broad SMARTS) is 1. The van der Waals surface area contributed by atoms with Crippen LogP contribution in [0.4, 0.5) is 4.79 Å². The summed E-state index contributed by atoms with van der Waals surface area (Å²) in [5.41, 5.74) is 1.22. The average Bonchev–Trinajstić information content (AvgIpc) is 2.63. The largest absolute Gasteiger partial charge is 0.478 e. The number of alkyl carbamates (subject to hydrolysis) is 1. The van der Waals surface area contributed by atoms with E-state index < -0.39 is 27.3 Å². The second-order valence-corrected chi connectivity index (χ2v) is 8.00. The average molecular weight is 375 g/mol. The van der Waals surface area contributed by atoms with Gasteiger partial charge < -0.3 is 15.2 Å². The van der Waals surface area contributed by atoms with Crippen LogP contribution >= 0.6 is 0 Å². The third kappa shape index (κ3) is 3.70. The third-order valence-corrected chi connectivity index (χ3v) is 6.26. The van der Waals surface area contributed by atoms with E-state index in [1.807, 2.05) is 6.07 Å². The molecule has 2 aromatic rings. The maximum absolute atomic E-state index is 12.7. The van der Waals surface area contributed by atoms with Crippen molar-refractivity contribution in [2.75, 3.05) is 0 Å². The lowest BCUT2D eigenvalue weighted by atomic mass is 10.1. The predicted octanol–water partition coefficient (Wildman–Crippen LogP) is 2.36. The molecule has 0 saturated heterocycles. The monoisotopic (exact) mass is 375 g/mol. The molecule has 2 N–H and O–H groups in total. The number of hydrogen-bond donors (Lipinski definition) is 2. The highest BCUT2D eigenvalue weighted by Gasteiger charge is 2.35. The fraction of sp³-hybridized carbons (Fsp3) is 0.222. The summed E-state index contributed by atoms with van der Waals surface area (Å²) in [6.07, 6.45) is -0.222. The van der Waals surface area contributed by atoms with Crippen LogP contribution in [0.1, 0.15) is 27.9 Å². The van der Waals surface area contributed by atoms with Crippen molar-refractivity contribution in [1.82, 2.24) is 5.32 Å². The molecule has 0 radical (unpaired) electrons. The Morgan fingerprint density at radius 2 is 1.88 bits per heavy atom. The van der Waals surface area contributed by atoms with Crippen LogP contribution in [0.15, 0.2) is 53.4 Å². The van der Waals surface area contributed by atoms with Gasteiger partial charge >= 0.3 is 12.1 Å². The molecule has 2 aromatic carbocycles. The zero-order valence-electron chi connectivity index (χ0n) is 13.7. The smallest absolute Gasteiger partial charge is 0.408 e. The molecule has 0 saturated carbocycles. The molecule has 0 aromatic heterocycles. The van der Waals surface area contributed by atoms with E-state index in [0.29, 0.717) is 12.0 Å². The minimum atomic E-state index is -3.89. The molecular formula is C18H17NO6S. The van der Waals surface area contributed by atoms with E-state index in [-0.39, 0.29) is 23.5 Å². The van der Waals surface area contributed by atoms with Crippen LogP contribution < -0.4 is 5.32 Å². The molecule has 136 valence electrons. The number of amides is 1.